The fraction of sp³-hybridized carbons (Fsp3) is 0.0400. The molecule has 0 radical (unpaired) electrons. The average molecular weight is 411 g/mol. The van der Waals surface area contributed by atoms with Gasteiger partial charge in [0.1, 0.15) is 0 Å². The molecule has 2 nitrogen and oxygen atoms in total. The van der Waals surface area contributed by atoms with E-state index in [0.717, 1.165) is 20.9 Å². The number of anilines is 2. The van der Waals surface area contributed by atoms with Gasteiger partial charge in [-0.2, -0.15) is 0 Å². The minimum Gasteiger partial charge on any atom is -0.398 e. The molecule has 2 aliphatic carbocycles. The molecule has 4 N–H and O–H groups in total. The number of thiol groups is 2. The molecule has 0 amide bonds. The van der Waals surface area contributed by atoms with Crippen molar-refractivity contribution in [1.82, 2.24) is 0 Å². The predicted octanol–water partition coefficient (Wildman–Crippen LogP) is 5.77. The van der Waals surface area contributed by atoms with Gasteiger partial charge in [-0.05, 0) is 68.8 Å². The van der Waals surface area contributed by atoms with Gasteiger partial charge in [0, 0.05) is 21.2 Å². The SMILES string of the molecule is Nc1cc2c(cc1S)-c1cc(S)c(N)cc1C21c2ccccc2-c2ccccc21. The van der Waals surface area contributed by atoms with E-state index >= 15 is 0 Å². The number of hydrogen-bond donors (Lipinski definition) is 4. The van der Waals surface area contributed by atoms with Crippen LogP contribution in [0.25, 0.3) is 22.3 Å². The second-order valence-electron chi connectivity index (χ2n) is 7.75. The van der Waals surface area contributed by atoms with E-state index in [9.17, 15) is 0 Å². The Morgan fingerprint density at radius 3 is 1.38 bits per heavy atom. The lowest BCUT2D eigenvalue weighted by Gasteiger charge is -2.31. The van der Waals surface area contributed by atoms with Crippen molar-refractivity contribution in [3.05, 3.63) is 95.1 Å². The van der Waals surface area contributed by atoms with E-state index in [4.69, 9.17) is 11.5 Å². The predicted molar refractivity (Wildman–Crippen MR) is 126 cm³/mol. The van der Waals surface area contributed by atoms with E-state index in [1.807, 2.05) is 0 Å². The number of nitrogen functional groups attached to an aromatic ring is 2. The second kappa shape index (κ2) is 5.62. The molecule has 29 heavy (non-hydrogen) atoms. The summed E-state index contributed by atoms with van der Waals surface area (Å²) in [6, 6.07) is 25.6. The molecule has 0 heterocycles. The van der Waals surface area contributed by atoms with Crippen LogP contribution in [0.2, 0.25) is 0 Å². The molecular formula is C25H18N2S2. The summed E-state index contributed by atoms with van der Waals surface area (Å²) < 4.78 is 0. The fourth-order valence-corrected chi connectivity index (χ4v) is 5.62. The van der Waals surface area contributed by atoms with Gasteiger partial charge in [-0.15, -0.1) is 25.3 Å². The Labute approximate surface area is 180 Å². The number of benzene rings is 4. The van der Waals surface area contributed by atoms with Crippen LogP contribution in [0.1, 0.15) is 22.3 Å². The van der Waals surface area contributed by atoms with Crippen molar-refractivity contribution >= 4 is 36.6 Å². The van der Waals surface area contributed by atoms with E-state index in [0.29, 0.717) is 11.4 Å². The summed E-state index contributed by atoms with van der Waals surface area (Å²) in [5.74, 6) is 0. The topological polar surface area (TPSA) is 52.0 Å². The molecule has 0 atom stereocenters. The third-order valence-corrected chi connectivity index (χ3v) is 7.16. The molecular weight excluding hydrogens is 392 g/mol. The highest BCUT2D eigenvalue weighted by atomic mass is 32.1. The van der Waals surface area contributed by atoms with Crippen molar-refractivity contribution in [2.75, 3.05) is 11.5 Å². The van der Waals surface area contributed by atoms with Crippen LogP contribution in [0.15, 0.2) is 82.6 Å². The first-order valence-corrected chi connectivity index (χ1v) is 10.4. The first kappa shape index (κ1) is 17.1. The summed E-state index contributed by atoms with van der Waals surface area (Å²) in [6.45, 7) is 0. The van der Waals surface area contributed by atoms with Crippen LogP contribution in [0, 0.1) is 0 Å². The van der Waals surface area contributed by atoms with Crippen LogP contribution in [0.5, 0.6) is 0 Å². The van der Waals surface area contributed by atoms with Gasteiger partial charge >= 0.3 is 0 Å². The lowest BCUT2D eigenvalue weighted by atomic mass is 9.70. The highest BCUT2D eigenvalue weighted by molar-refractivity contribution is 7.80. The van der Waals surface area contributed by atoms with Crippen molar-refractivity contribution in [3.8, 4) is 22.3 Å². The molecule has 2 aliphatic rings. The lowest BCUT2D eigenvalue weighted by molar-refractivity contribution is 0.793. The smallest absolute Gasteiger partial charge is 0.0727 e. The molecule has 4 aromatic carbocycles. The summed E-state index contributed by atoms with van der Waals surface area (Å²) in [5.41, 5.74) is 23.3. The zero-order valence-corrected chi connectivity index (χ0v) is 17.3. The van der Waals surface area contributed by atoms with E-state index in [1.165, 1.54) is 33.4 Å². The molecule has 0 aromatic heterocycles. The Balaban J connectivity index is 1.88. The molecule has 0 fully saturated rings. The lowest BCUT2D eigenvalue weighted by Crippen LogP contribution is -2.26. The van der Waals surface area contributed by atoms with E-state index in [2.05, 4.69) is 98.1 Å². The maximum atomic E-state index is 6.36. The maximum absolute atomic E-state index is 6.36. The van der Waals surface area contributed by atoms with Crippen molar-refractivity contribution in [3.63, 3.8) is 0 Å². The van der Waals surface area contributed by atoms with Crippen molar-refractivity contribution in [1.29, 1.82) is 0 Å². The van der Waals surface area contributed by atoms with Gasteiger partial charge < -0.3 is 11.5 Å². The normalized spacial score (nSPS) is 14.4. The molecule has 1 spiro atoms. The zero-order chi connectivity index (χ0) is 19.9. The first-order valence-electron chi connectivity index (χ1n) is 9.49. The van der Waals surface area contributed by atoms with E-state index in [1.54, 1.807) is 0 Å². The highest BCUT2D eigenvalue weighted by Gasteiger charge is 2.51. The van der Waals surface area contributed by atoms with Crippen LogP contribution in [-0.4, -0.2) is 0 Å². The minimum atomic E-state index is -0.441. The second-order valence-corrected chi connectivity index (χ2v) is 8.72. The van der Waals surface area contributed by atoms with Gasteiger partial charge in [-0.3, -0.25) is 0 Å². The van der Waals surface area contributed by atoms with Gasteiger partial charge in [0.05, 0.1) is 5.41 Å². The van der Waals surface area contributed by atoms with Gasteiger partial charge in [-0.25, -0.2) is 0 Å². The van der Waals surface area contributed by atoms with Gasteiger partial charge in [0.15, 0.2) is 0 Å². The quantitative estimate of drug-likeness (QED) is 0.190. The standard InChI is InChI=1S/C25H18N2S2/c26-21-11-19-15(9-23(21)28)16-10-24(29)22(27)12-20(16)25(19)17-7-3-1-5-13(17)14-6-2-4-8-18(14)25/h1-12,28-29H,26-27H2. The Kier molecular flexibility index (Phi) is 3.31. The van der Waals surface area contributed by atoms with Crippen molar-refractivity contribution in [2.45, 2.75) is 15.2 Å². The molecule has 4 aromatic rings. The monoisotopic (exact) mass is 410 g/mol. The summed E-state index contributed by atoms with van der Waals surface area (Å²) in [5, 5.41) is 0. The first-order chi connectivity index (χ1) is 14.0. The summed E-state index contributed by atoms with van der Waals surface area (Å²) >= 11 is 9.22. The molecule has 4 heteroatoms. The molecule has 0 bridgehead atoms. The number of rotatable bonds is 0. The van der Waals surface area contributed by atoms with E-state index < -0.39 is 5.41 Å². The number of fused-ring (bicyclic) bond motifs is 10. The third kappa shape index (κ3) is 1.96. The average Bonchev–Trinajstić information content (AvgIpc) is 3.16. The largest absolute Gasteiger partial charge is 0.398 e. The molecule has 0 saturated carbocycles. The Morgan fingerprint density at radius 1 is 0.517 bits per heavy atom. The number of hydrogen-bond acceptors (Lipinski definition) is 4. The van der Waals surface area contributed by atoms with Gasteiger partial charge in [0.25, 0.3) is 0 Å². The van der Waals surface area contributed by atoms with Gasteiger partial charge in [0.2, 0.25) is 0 Å². The van der Waals surface area contributed by atoms with Crippen LogP contribution in [0.3, 0.4) is 0 Å². The molecule has 140 valence electrons. The summed E-state index contributed by atoms with van der Waals surface area (Å²) in [6.07, 6.45) is 0. The van der Waals surface area contributed by atoms with Crippen LogP contribution in [-0.2, 0) is 5.41 Å². The van der Waals surface area contributed by atoms with Crippen LogP contribution in [0.4, 0.5) is 11.4 Å². The van der Waals surface area contributed by atoms with Crippen LogP contribution < -0.4 is 11.5 Å². The fourth-order valence-electron chi connectivity index (χ4n) is 5.24. The Morgan fingerprint density at radius 2 is 0.931 bits per heavy atom. The Bertz CT molecular complexity index is 1250. The van der Waals surface area contributed by atoms with Crippen LogP contribution >= 0.6 is 25.3 Å². The zero-order valence-electron chi connectivity index (χ0n) is 15.5. The molecule has 0 aliphatic heterocycles. The maximum Gasteiger partial charge on any atom is 0.0727 e. The third-order valence-electron chi connectivity index (χ3n) is 6.38. The summed E-state index contributed by atoms with van der Waals surface area (Å²) in [4.78, 5) is 1.56. The minimum absolute atomic E-state index is 0.441. The van der Waals surface area contributed by atoms with Crippen molar-refractivity contribution < 1.29 is 0 Å². The van der Waals surface area contributed by atoms with Crippen molar-refractivity contribution in [2.24, 2.45) is 0 Å². The molecule has 0 unspecified atom stereocenters. The van der Waals surface area contributed by atoms with E-state index in [-0.39, 0.29) is 0 Å². The Hall–Kier alpha value is -2.82. The molecule has 0 saturated heterocycles. The number of nitrogens with two attached hydrogens (primary N) is 2. The molecule has 6 rings (SSSR count). The van der Waals surface area contributed by atoms with Gasteiger partial charge in [-0.1, -0.05) is 48.5 Å². The summed E-state index contributed by atoms with van der Waals surface area (Å²) in [7, 11) is 0. The highest BCUT2D eigenvalue weighted by Crippen LogP contribution is 2.63.